The maximum absolute atomic E-state index is 13.4. The molecule has 1 aliphatic rings. The Kier molecular flexibility index (Phi) is 11.9. The monoisotopic (exact) mass is 536 g/mol. The van der Waals surface area contributed by atoms with E-state index in [-0.39, 0.29) is 11.3 Å². The van der Waals surface area contributed by atoms with Gasteiger partial charge in [-0.05, 0) is 80.9 Å². The van der Waals surface area contributed by atoms with E-state index < -0.39 is 17.7 Å². The van der Waals surface area contributed by atoms with Crippen LogP contribution in [0.4, 0.5) is 0 Å². The van der Waals surface area contributed by atoms with Crippen molar-refractivity contribution in [2.45, 2.75) is 65.8 Å². The van der Waals surface area contributed by atoms with Crippen LogP contribution in [0.3, 0.4) is 0 Å². The van der Waals surface area contributed by atoms with Gasteiger partial charge in [-0.15, -0.1) is 0 Å². The summed E-state index contributed by atoms with van der Waals surface area (Å²) >= 11 is 0. The van der Waals surface area contributed by atoms with Crippen LogP contribution in [0.1, 0.15) is 77.0 Å². The third kappa shape index (κ3) is 7.85. The molecule has 1 fully saturated rings. The smallest absolute Gasteiger partial charge is 0.295 e. The predicted molar refractivity (Wildman–Crippen MR) is 155 cm³/mol. The van der Waals surface area contributed by atoms with Gasteiger partial charge in [0.25, 0.3) is 11.7 Å². The van der Waals surface area contributed by atoms with Gasteiger partial charge in [-0.25, -0.2) is 0 Å². The minimum atomic E-state index is -0.697. The van der Waals surface area contributed by atoms with Gasteiger partial charge in [0.2, 0.25) is 0 Å². The lowest BCUT2D eigenvalue weighted by Crippen LogP contribution is -2.33. The number of rotatable bonds is 16. The van der Waals surface area contributed by atoms with Gasteiger partial charge in [0, 0.05) is 12.1 Å². The molecular weight excluding hydrogens is 492 g/mol. The summed E-state index contributed by atoms with van der Waals surface area (Å²) in [6.45, 7) is 12.7. The number of unbranched alkanes of at least 4 members (excludes halogenated alkanes) is 2. The highest BCUT2D eigenvalue weighted by atomic mass is 16.5. The van der Waals surface area contributed by atoms with Crippen molar-refractivity contribution in [2.24, 2.45) is 0 Å². The molecule has 1 unspecified atom stereocenters. The average Bonchev–Trinajstić information content (AvgIpc) is 3.21. The molecule has 0 aliphatic carbocycles. The van der Waals surface area contributed by atoms with Crippen LogP contribution in [0.25, 0.3) is 5.76 Å². The molecule has 1 atom stereocenters. The van der Waals surface area contributed by atoms with E-state index >= 15 is 0 Å². The van der Waals surface area contributed by atoms with Crippen molar-refractivity contribution < 1.29 is 24.2 Å². The Bertz CT molecular complexity index is 1110. The molecule has 1 heterocycles. The van der Waals surface area contributed by atoms with Crippen molar-refractivity contribution in [3.8, 4) is 11.5 Å². The fraction of sp³-hybridized carbons (Fsp3) is 0.500. The number of hydrogen-bond acceptors (Lipinski definition) is 6. The summed E-state index contributed by atoms with van der Waals surface area (Å²) in [4.78, 5) is 30.6. The van der Waals surface area contributed by atoms with Crippen molar-refractivity contribution in [3.05, 3.63) is 65.2 Å². The molecule has 1 aliphatic heterocycles. The molecule has 1 N–H and O–H groups in total. The number of nitrogens with zero attached hydrogens (tertiary/aromatic N) is 2. The minimum Gasteiger partial charge on any atom is -0.507 e. The molecule has 7 nitrogen and oxygen atoms in total. The molecule has 1 saturated heterocycles. The van der Waals surface area contributed by atoms with Gasteiger partial charge >= 0.3 is 0 Å². The van der Waals surface area contributed by atoms with Crippen LogP contribution >= 0.6 is 0 Å². The second-order valence-electron chi connectivity index (χ2n) is 9.87. The number of aliphatic hydroxyl groups is 1. The van der Waals surface area contributed by atoms with Gasteiger partial charge < -0.3 is 24.4 Å². The number of amides is 1. The predicted octanol–water partition coefficient (Wildman–Crippen LogP) is 6.20. The van der Waals surface area contributed by atoms with Gasteiger partial charge in [0.1, 0.15) is 17.3 Å². The van der Waals surface area contributed by atoms with Crippen LogP contribution < -0.4 is 9.47 Å². The van der Waals surface area contributed by atoms with Gasteiger partial charge in [0.05, 0.1) is 24.8 Å². The molecule has 7 heteroatoms. The lowest BCUT2D eigenvalue weighted by atomic mass is 9.95. The Morgan fingerprint density at radius 2 is 1.59 bits per heavy atom. The molecule has 0 bridgehead atoms. The van der Waals surface area contributed by atoms with Gasteiger partial charge in [-0.3, -0.25) is 9.59 Å². The number of ketones is 1. The van der Waals surface area contributed by atoms with E-state index in [0.29, 0.717) is 36.8 Å². The van der Waals surface area contributed by atoms with Crippen LogP contribution in [0.15, 0.2) is 54.1 Å². The molecule has 0 saturated carbocycles. The average molecular weight is 537 g/mol. The molecule has 1 amide bonds. The van der Waals surface area contributed by atoms with Crippen molar-refractivity contribution in [1.29, 1.82) is 0 Å². The van der Waals surface area contributed by atoms with Crippen molar-refractivity contribution in [2.75, 3.05) is 39.4 Å². The number of hydrogen-bond donors (Lipinski definition) is 1. The Hall–Kier alpha value is -3.32. The number of Topliss-reactive ketones (excluding diaryl/α,β-unsaturated/α-hetero) is 1. The fourth-order valence-electron chi connectivity index (χ4n) is 4.86. The maximum Gasteiger partial charge on any atom is 0.295 e. The number of likely N-dealkylation sites (tertiary alicyclic amines) is 1. The zero-order chi connectivity index (χ0) is 28.2. The first-order chi connectivity index (χ1) is 18.9. The highest BCUT2D eigenvalue weighted by Gasteiger charge is 2.45. The lowest BCUT2D eigenvalue weighted by Gasteiger charge is -2.27. The molecule has 2 aromatic carbocycles. The van der Waals surface area contributed by atoms with Gasteiger partial charge in [-0.1, -0.05) is 52.7 Å². The Morgan fingerprint density at radius 1 is 0.872 bits per heavy atom. The van der Waals surface area contributed by atoms with E-state index in [1.54, 1.807) is 29.2 Å². The highest BCUT2D eigenvalue weighted by Crippen LogP contribution is 2.40. The van der Waals surface area contributed by atoms with Gasteiger partial charge in [0.15, 0.2) is 0 Å². The molecule has 39 heavy (non-hydrogen) atoms. The molecule has 0 aromatic heterocycles. The summed E-state index contributed by atoms with van der Waals surface area (Å²) in [6.07, 6.45) is 4.78. The lowest BCUT2D eigenvalue weighted by molar-refractivity contribution is -0.140. The van der Waals surface area contributed by atoms with Crippen molar-refractivity contribution >= 4 is 17.4 Å². The quantitative estimate of drug-likeness (QED) is 0.119. The first-order valence-electron chi connectivity index (χ1n) is 14.4. The molecule has 0 spiro atoms. The topological polar surface area (TPSA) is 79.3 Å². The standard InChI is InChI=1S/C32H44N2O5/c1-5-9-10-22-39-27-14-11-13-25(23-27)29-28(30(35)24-15-17-26(18-16-24)38-21-6-2)31(36)32(37)34(29)20-12-19-33(7-3)8-4/h11,13-18,23,29,35H,5-10,12,19-22H2,1-4H3/b30-28+. The number of carbonyl (C=O) groups is 2. The number of ether oxygens (including phenoxy) is 2. The van der Waals surface area contributed by atoms with E-state index in [2.05, 4.69) is 25.7 Å². The summed E-state index contributed by atoms with van der Waals surface area (Å²) in [5.41, 5.74) is 1.32. The third-order valence-corrected chi connectivity index (χ3v) is 7.10. The summed E-state index contributed by atoms with van der Waals surface area (Å²) < 4.78 is 11.6. The van der Waals surface area contributed by atoms with Crippen LogP contribution in [0, 0.1) is 0 Å². The Morgan fingerprint density at radius 3 is 2.26 bits per heavy atom. The summed E-state index contributed by atoms with van der Waals surface area (Å²) in [5.74, 6) is -0.0513. The summed E-state index contributed by atoms with van der Waals surface area (Å²) in [6, 6.07) is 13.8. The van der Waals surface area contributed by atoms with Crippen LogP contribution in [-0.4, -0.2) is 66.0 Å². The Balaban J connectivity index is 1.97. The van der Waals surface area contributed by atoms with Gasteiger partial charge in [-0.2, -0.15) is 0 Å². The van der Waals surface area contributed by atoms with E-state index in [1.807, 2.05) is 31.2 Å². The zero-order valence-electron chi connectivity index (χ0n) is 23.9. The maximum atomic E-state index is 13.4. The summed E-state index contributed by atoms with van der Waals surface area (Å²) in [5, 5.41) is 11.4. The number of carbonyl (C=O) groups excluding carboxylic acids is 2. The summed E-state index contributed by atoms with van der Waals surface area (Å²) in [7, 11) is 0. The second kappa shape index (κ2) is 15.3. The molecular formula is C32H44N2O5. The van der Waals surface area contributed by atoms with Crippen molar-refractivity contribution in [1.82, 2.24) is 9.80 Å². The van der Waals surface area contributed by atoms with Crippen LogP contribution in [0.5, 0.6) is 11.5 Å². The molecule has 0 radical (unpaired) electrons. The van der Waals surface area contributed by atoms with E-state index in [1.165, 1.54) is 0 Å². The largest absolute Gasteiger partial charge is 0.507 e. The third-order valence-electron chi connectivity index (χ3n) is 7.10. The first kappa shape index (κ1) is 30.2. The highest BCUT2D eigenvalue weighted by molar-refractivity contribution is 6.46. The Labute approximate surface area is 233 Å². The normalized spacial score (nSPS) is 16.7. The second-order valence-corrected chi connectivity index (χ2v) is 9.87. The molecule has 3 rings (SSSR count). The number of aliphatic hydroxyl groups excluding tert-OH is 1. The SMILES string of the molecule is CCCCCOc1cccc(C2/C(=C(\O)c3ccc(OCCC)cc3)C(=O)C(=O)N2CCCN(CC)CC)c1. The van der Waals surface area contributed by atoms with Crippen LogP contribution in [-0.2, 0) is 9.59 Å². The minimum absolute atomic E-state index is 0.105. The van der Waals surface area contributed by atoms with E-state index in [4.69, 9.17) is 9.47 Å². The number of benzene rings is 2. The van der Waals surface area contributed by atoms with Crippen LogP contribution in [0.2, 0.25) is 0 Å². The zero-order valence-corrected chi connectivity index (χ0v) is 23.9. The molecule has 212 valence electrons. The fourth-order valence-corrected chi connectivity index (χ4v) is 4.86. The molecule has 2 aromatic rings. The van der Waals surface area contributed by atoms with E-state index in [0.717, 1.165) is 57.3 Å². The van der Waals surface area contributed by atoms with E-state index in [9.17, 15) is 14.7 Å². The van der Waals surface area contributed by atoms with Crippen molar-refractivity contribution in [3.63, 3.8) is 0 Å². The first-order valence-corrected chi connectivity index (χ1v) is 14.4.